The van der Waals surface area contributed by atoms with E-state index in [0.29, 0.717) is 17.5 Å². The largest absolute Gasteiger partial charge is 0.310 e. The highest BCUT2D eigenvalue weighted by atomic mass is 79.9. The molecule has 4 nitrogen and oxygen atoms in total. The van der Waals surface area contributed by atoms with Gasteiger partial charge in [0.15, 0.2) is 0 Å². The first-order chi connectivity index (χ1) is 7.57. The van der Waals surface area contributed by atoms with Crippen LogP contribution >= 0.6 is 27.5 Å². The lowest BCUT2D eigenvalue weighted by Gasteiger charge is -2.00. The predicted octanol–water partition coefficient (Wildman–Crippen LogP) is 3.09. The smallest absolute Gasteiger partial charge is 0.258 e. The maximum Gasteiger partial charge on any atom is 0.310 e. The average molecular weight is 304 g/mol. The van der Waals surface area contributed by atoms with Gasteiger partial charge in [0.1, 0.15) is 0 Å². The number of aromatic nitrogens is 1. The topological polar surface area (TPSA) is 56.0 Å². The zero-order valence-corrected chi connectivity index (χ0v) is 10.8. The molecule has 0 aliphatic heterocycles. The molecule has 0 aliphatic rings. The molecule has 0 N–H and O–H groups in total. The van der Waals surface area contributed by atoms with E-state index < -0.39 is 4.92 Å². The van der Waals surface area contributed by atoms with Crippen LogP contribution in [0.5, 0.6) is 0 Å². The van der Waals surface area contributed by atoms with E-state index in [0.717, 1.165) is 5.33 Å². The number of hydrogen-bond donors (Lipinski definition) is 0. The summed E-state index contributed by atoms with van der Waals surface area (Å²) in [6.45, 7) is 1.61. The molecule has 0 saturated heterocycles. The first kappa shape index (κ1) is 12.9. The summed E-state index contributed by atoms with van der Waals surface area (Å²) in [5.41, 5.74) is 0.816. The Labute approximate surface area is 106 Å². The second-order valence-corrected chi connectivity index (χ2v) is 4.09. The number of hydrogen-bond acceptors (Lipinski definition) is 3. The van der Waals surface area contributed by atoms with Crippen molar-refractivity contribution in [3.63, 3.8) is 0 Å². The summed E-state index contributed by atoms with van der Waals surface area (Å²) in [6.07, 6.45) is 2.13. The Morgan fingerprint density at radius 1 is 1.69 bits per heavy atom. The molecule has 1 rings (SSSR count). The Hall–Kier alpha value is -1.12. The second kappa shape index (κ2) is 5.83. The van der Waals surface area contributed by atoms with Crippen LogP contribution in [0.3, 0.4) is 0 Å². The normalized spacial score (nSPS) is 9.44. The Balaban J connectivity index is 3.20. The van der Waals surface area contributed by atoms with Crippen molar-refractivity contribution >= 4 is 33.2 Å². The minimum Gasteiger partial charge on any atom is -0.258 e. The van der Waals surface area contributed by atoms with Crippen LogP contribution in [-0.2, 0) is 0 Å². The molecule has 1 aromatic heterocycles. The van der Waals surface area contributed by atoms with E-state index in [4.69, 9.17) is 11.6 Å². The lowest BCUT2D eigenvalue weighted by Crippen LogP contribution is -1.97. The third kappa shape index (κ3) is 2.94. The molecule has 0 aromatic carbocycles. The molecular weight excluding hydrogens is 295 g/mol. The van der Waals surface area contributed by atoms with Crippen LogP contribution in [0.2, 0.25) is 5.15 Å². The van der Waals surface area contributed by atoms with Gasteiger partial charge in [0.25, 0.3) is 0 Å². The third-order valence-electron chi connectivity index (χ3n) is 1.89. The van der Waals surface area contributed by atoms with Gasteiger partial charge in [-0.1, -0.05) is 39.4 Å². The molecule has 0 radical (unpaired) electrons. The highest BCUT2D eigenvalue weighted by Crippen LogP contribution is 2.27. The van der Waals surface area contributed by atoms with E-state index in [9.17, 15) is 10.1 Å². The Morgan fingerprint density at radius 3 is 2.94 bits per heavy atom. The van der Waals surface area contributed by atoms with Crippen LogP contribution in [-0.4, -0.2) is 15.2 Å². The molecule has 84 valence electrons. The summed E-state index contributed by atoms with van der Waals surface area (Å²) >= 11 is 8.89. The van der Waals surface area contributed by atoms with Crippen LogP contribution in [0.1, 0.15) is 17.5 Å². The van der Waals surface area contributed by atoms with Crippen LogP contribution in [0.15, 0.2) is 6.20 Å². The monoisotopic (exact) mass is 302 g/mol. The molecule has 0 saturated carbocycles. The number of rotatable bonds is 2. The van der Waals surface area contributed by atoms with Crippen molar-refractivity contribution in [2.75, 3.05) is 5.33 Å². The SMILES string of the molecule is Cc1c(C#CCCBr)cnc(Cl)c1[N+](=O)[O-]. The number of alkyl halides is 1. The zero-order chi connectivity index (χ0) is 12.1. The second-order valence-electron chi connectivity index (χ2n) is 2.93. The molecule has 1 aromatic rings. The number of pyridine rings is 1. The highest BCUT2D eigenvalue weighted by Gasteiger charge is 2.19. The summed E-state index contributed by atoms with van der Waals surface area (Å²) in [4.78, 5) is 14.0. The van der Waals surface area contributed by atoms with Gasteiger partial charge < -0.3 is 0 Å². The predicted molar refractivity (Wildman–Crippen MR) is 65.9 cm³/mol. The number of nitrogens with zero attached hydrogens (tertiary/aromatic N) is 2. The molecule has 0 unspecified atom stereocenters. The zero-order valence-electron chi connectivity index (χ0n) is 8.46. The Kier molecular flexibility index (Phi) is 4.71. The standard InChI is InChI=1S/C10H8BrClN2O2/c1-7-8(4-2-3-5-11)6-13-10(12)9(7)14(15)16/h6H,3,5H2,1H3. The van der Waals surface area contributed by atoms with Crippen molar-refractivity contribution in [2.24, 2.45) is 0 Å². The van der Waals surface area contributed by atoms with Crippen LogP contribution in [0, 0.1) is 28.9 Å². The van der Waals surface area contributed by atoms with Gasteiger partial charge in [-0.15, -0.1) is 0 Å². The molecule has 6 heteroatoms. The molecule has 0 aliphatic carbocycles. The van der Waals surface area contributed by atoms with Crippen molar-refractivity contribution in [1.82, 2.24) is 4.98 Å². The van der Waals surface area contributed by atoms with Gasteiger partial charge in [-0.3, -0.25) is 10.1 Å². The van der Waals surface area contributed by atoms with Crippen molar-refractivity contribution in [3.05, 3.63) is 32.6 Å². The van der Waals surface area contributed by atoms with Crippen molar-refractivity contribution in [3.8, 4) is 11.8 Å². The summed E-state index contributed by atoms with van der Waals surface area (Å²) in [6, 6.07) is 0. The fourth-order valence-corrected chi connectivity index (χ4v) is 1.56. The summed E-state index contributed by atoms with van der Waals surface area (Å²) in [7, 11) is 0. The van der Waals surface area contributed by atoms with Crippen molar-refractivity contribution < 1.29 is 4.92 Å². The number of halogens is 2. The van der Waals surface area contributed by atoms with Gasteiger partial charge >= 0.3 is 5.69 Å². The summed E-state index contributed by atoms with van der Waals surface area (Å²) in [5.74, 6) is 5.71. The molecule has 0 fully saturated rings. The number of nitro groups is 1. The first-order valence-electron chi connectivity index (χ1n) is 4.42. The maximum atomic E-state index is 10.8. The molecule has 0 atom stereocenters. The third-order valence-corrected chi connectivity index (χ3v) is 2.56. The molecule has 0 bridgehead atoms. The van der Waals surface area contributed by atoms with Crippen LogP contribution in [0.25, 0.3) is 0 Å². The lowest BCUT2D eigenvalue weighted by atomic mass is 10.1. The minimum absolute atomic E-state index is 0.103. The minimum atomic E-state index is -0.541. The summed E-state index contributed by atoms with van der Waals surface area (Å²) in [5, 5.41) is 11.4. The first-order valence-corrected chi connectivity index (χ1v) is 5.92. The van der Waals surface area contributed by atoms with E-state index >= 15 is 0 Å². The molecule has 0 amide bonds. The van der Waals surface area contributed by atoms with Crippen LogP contribution in [0.4, 0.5) is 5.69 Å². The van der Waals surface area contributed by atoms with E-state index in [2.05, 4.69) is 32.8 Å². The van der Waals surface area contributed by atoms with Gasteiger partial charge in [0.05, 0.1) is 10.5 Å². The fourth-order valence-electron chi connectivity index (χ4n) is 1.10. The maximum absolute atomic E-state index is 10.8. The van der Waals surface area contributed by atoms with E-state index in [-0.39, 0.29) is 10.8 Å². The quantitative estimate of drug-likeness (QED) is 0.277. The van der Waals surface area contributed by atoms with E-state index in [1.165, 1.54) is 6.20 Å². The Morgan fingerprint density at radius 2 is 2.38 bits per heavy atom. The summed E-state index contributed by atoms with van der Waals surface area (Å²) < 4.78 is 0. The molecular formula is C10H8BrClN2O2. The highest BCUT2D eigenvalue weighted by molar-refractivity contribution is 9.09. The van der Waals surface area contributed by atoms with Gasteiger partial charge in [-0.2, -0.15) is 0 Å². The molecule has 1 heterocycles. The fraction of sp³-hybridized carbons (Fsp3) is 0.300. The van der Waals surface area contributed by atoms with Gasteiger partial charge in [-0.05, 0) is 6.92 Å². The molecule has 0 spiro atoms. The van der Waals surface area contributed by atoms with Crippen LogP contribution < -0.4 is 0 Å². The van der Waals surface area contributed by atoms with Crippen molar-refractivity contribution in [2.45, 2.75) is 13.3 Å². The average Bonchev–Trinajstić information content (AvgIpc) is 2.21. The van der Waals surface area contributed by atoms with Gasteiger partial charge in [0, 0.05) is 23.5 Å². The van der Waals surface area contributed by atoms with Gasteiger partial charge in [0.2, 0.25) is 5.15 Å². The van der Waals surface area contributed by atoms with E-state index in [1.54, 1.807) is 6.92 Å². The molecule has 16 heavy (non-hydrogen) atoms. The van der Waals surface area contributed by atoms with Gasteiger partial charge in [-0.25, -0.2) is 4.98 Å². The lowest BCUT2D eigenvalue weighted by molar-refractivity contribution is -0.385. The Bertz CT molecular complexity index is 480. The van der Waals surface area contributed by atoms with Crippen molar-refractivity contribution in [1.29, 1.82) is 0 Å². The van der Waals surface area contributed by atoms with E-state index in [1.807, 2.05) is 0 Å².